The molecule has 0 aromatic heterocycles. The number of carbonyl (C=O) groups is 4. The quantitative estimate of drug-likeness (QED) is 0.492. The molecule has 0 radical (unpaired) electrons. The van der Waals surface area contributed by atoms with Crippen LogP contribution < -0.4 is 0 Å². The lowest BCUT2D eigenvalue weighted by molar-refractivity contribution is -0.142. The first-order valence-electron chi connectivity index (χ1n) is 8.50. The van der Waals surface area contributed by atoms with Crippen LogP contribution in [0.25, 0.3) is 0 Å². The van der Waals surface area contributed by atoms with E-state index in [-0.39, 0.29) is 12.8 Å². The first-order valence-corrected chi connectivity index (χ1v) is 8.50. The highest BCUT2D eigenvalue weighted by Crippen LogP contribution is 2.38. The van der Waals surface area contributed by atoms with Crippen molar-refractivity contribution in [2.24, 2.45) is 0 Å². The van der Waals surface area contributed by atoms with Gasteiger partial charge < -0.3 is 10.2 Å². The summed E-state index contributed by atoms with van der Waals surface area (Å²) in [5, 5.41) is 19.0. The molecule has 0 spiro atoms. The zero-order valence-electron chi connectivity index (χ0n) is 14.6. The minimum Gasteiger partial charge on any atom is -0.481 e. The van der Waals surface area contributed by atoms with Gasteiger partial charge in [0.05, 0.1) is 0 Å². The van der Waals surface area contributed by atoms with E-state index < -0.39 is 17.4 Å². The van der Waals surface area contributed by atoms with Crippen LogP contribution in [0.3, 0.4) is 0 Å². The van der Waals surface area contributed by atoms with Gasteiger partial charge in [-0.25, -0.2) is 0 Å². The van der Waals surface area contributed by atoms with Gasteiger partial charge in [0.25, 0.3) is 0 Å². The Balaban J connectivity index is 2.50. The molecule has 0 saturated carbocycles. The predicted molar refractivity (Wildman–Crippen MR) is 98.2 cm³/mol. The van der Waals surface area contributed by atoms with E-state index in [0.717, 1.165) is 0 Å². The van der Waals surface area contributed by atoms with Crippen molar-refractivity contribution in [3.8, 4) is 0 Å². The second-order valence-corrected chi connectivity index (χ2v) is 6.29. The maximum Gasteiger partial charge on any atom is 0.318 e. The number of aldehydes is 2. The summed E-state index contributed by atoms with van der Waals surface area (Å²) in [7, 11) is 0. The van der Waals surface area contributed by atoms with E-state index in [1.807, 2.05) is 0 Å². The minimum atomic E-state index is -1.40. The van der Waals surface area contributed by atoms with Crippen molar-refractivity contribution in [3.05, 3.63) is 70.8 Å². The first-order chi connectivity index (χ1) is 12.9. The van der Waals surface area contributed by atoms with E-state index in [2.05, 4.69) is 0 Å². The summed E-state index contributed by atoms with van der Waals surface area (Å²) in [5.74, 6) is -2.00. The van der Waals surface area contributed by atoms with Crippen LogP contribution in [0.1, 0.15) is 57.5 Å². The van der Waals surface area contributed by atoms with Crippen molar-refractivity contribution < 1.29 is 29.4 Å². The maximum absolute atomic E-state index is 12.4. The van der Waals surface area contributed by atoms with Crippen molar-refractivity contribution in [2.75, 3.05) is 0 Å². The Labute approximate surface area is 156 Å². The molecule has 6 heteroatoms. The van der Waals surface area contributed by atoms with Crippen LogP contribution in [0.15, 0.2) is 48.5 Å². The highest BCUT2D eigenvalue weighted by atomic mass is 16.4. The van der Waals surface area contributed by atoms with E-state index in [0.29, 0.717) is 47.7 Å². The predicted octanol–water partition coefficient (Wildman–Crippen LogP) is 3.33. The monoisotopic (exact) mass is 368 g/mol. The molecule has 6 nitrogen and oxygen atoms in total. The second-order valence-electron chi connectivity index (χ2n) is 6.29. The number of unbranched alkanes of at least 4 members (excludes halogenated alkanes) is 1. The van der Waals surface area contributed by atoms with Crippen LogP contribution in [0.4, 0.5) is 0 Å². The summed E-state index contributed by atoms with van der Waals surface area (Å²) in [6.07, 6.45) is 2.25. The Kier molecular flexibility index (Phi) is 6.60. The maximum atomic E-state index is 12.4. The highest BCUT2D eigenvalue weighted by molar-refractivity contribution is 5.87. The number of benzene rings is 2. The summed E-state index contributed by atoms with van der Waals surface area (Å²) in [6, 6.07) is 12.6. The van der Waals surface area contributed by atoms with Crippen molar-refractivity contribution in [2.45, 2.75) is 31.1 Å². The van der Waals surface area contributed by atoms with Gasteiger partial charge in [0.15, 0.2) is 0 Å². The molecule has 0 fully saturated rings. The van der Waals surface area contributed by atoms with Crippen LogP contribution in [0.2, 0.25) is 0 Å². The van der Waals surface area contributed by atoms with Gasteiger partial charge in [-0.3, -0.25) is 19.2 Å². The Morgan fingerprint density at radius 2 is 1.22 bits per heavy atom. The third kappa shape index (κ3) is 4.47. The number of rotatable bonds is 10. The van der Waals surface area contributed by atoms with Gasteiger partial charge in [0.2, 0.25) is 0 Å². The van der Waals surface area contributed by atoms with Crippen LogP contribution in [0.5, 0.6) is 0 Å². The SMILES string of the molecule is O=Cc1ccc(C(CCCCC(=O)O)(C(=O)O)c2ccc(C=O)cc2)cc1. The van der Waals surface area contributed by atoms with E-state index in [9.17, 15) is 24.3 Å². The lowest BCUT2D eigenvalue weighted by Gasteiger charge is -2.31. The molecule has 0 unspecified atom stereocenters. The van der Waals surface area contributed by atoms with E-state index in [4.69, 9.17) is 5.11 Å². The fraction of sp³-hybridized carbons (Fsp3) is 0.238. The third-order valence-corrected chi connectivity index (χ3v) is 4.64. The molecule has 0 saturated heterocycles. The Hall–Kier alpha value is -3.28. The topological polar surface area (TPSA) is 109 Å². The van der Waals surface area contributed by atoms with Crippen molar-refractivity contribution in [1.82, 2.24) is 0 Å². The van der Waals surface area contributed by atoms with E-state index in [1.165, 1.54) is 0 Å². The lowest BCUT2D eigenvalue weighted by Crippen LogP contribution is -2.37. The Morgan fingerprint density at radius 1 is 0.778 bits per heavy atom. The van der Waals surface area contributed by atoms with E-state index >= 15 is 0 Å². The van der Waals surface area contributed by atoms with Gasteiger partial charge in [0.1, 0.15) is 18.0 Å². The number of hydrogen-bond acceptors (Lipinski definition) is 4. The van der Waals surface area contributed by atoms with Crippen LogP contribution >= 0.6 is 0 Å². The van der Waals surface area contributed by atoms with Crippen molar-refractivity contribution in [1.29, 1.82) is 0 Å². The number of aliphatic carboxylic acids is 2. The van der Waals surface area contributed by atoms with Crippen LogP contribution in [-0.2, 0) is 15.0 Å². The average molecular weight is 368 g/mol. The number of carbonyl (C=O) groups excluding carboxylic acids is 2. The standard InChI is InChI=1S/C21H20O6/c22-13-15-4-8-17(9-5-15)21(20(26)27,12-2-1-3-19(24)25)18-10-6-16(14-23)7-11-18/h4-11,13-14H,1-3,12H2,(H,24,25)(H,26,27). The van der Waals surface area contributed by atoms with Crippen molar-refractivity contribution in [3.63, 3.8) is 0 Å². The average Bonchev–Trinajstić information content (AvgIpc) is 2.68. The highest BCUT2D eigenvalue weighted by Gasteiger charge is 2.41. The zero-order valence-corrected chi connectivity index (χ0v) is 14.6. The fourth-order valence-corrected chi connectivity index (χ4v) is 3.17. The molecule has 0 amide bonds. The molecule has 27 heavy (non-hydrogen) atoms. The van der Waals surface area contributed by atoms with Crippen molar-refractivity contribution >= 4 is 24.5 Å². The zero-order chi connectivity index (χ0) is 19.9. The molecule has 0 aliphatic rings. The number of carboxylic acid groups (broad SMARTS) is 2. The number of carboxylic acids is 2. The molecular weight excluding hydrogens is 348 g/mol. The molecule has 140 valence electrons. The molecule has 0 aliphatic carbocycles. The molecular formula is C21H20O6. The first kappa shape index (κ1) is 20.0. The molecule has 2 rings (SSSR count). The largest absolute Gasteiger partial charge is 0.481 e. The fourth-order valence-electron chi connectivity index (χ4n) is 3.17. The van der Waals surface area contributed by atoms with Crippen LogP contribution in [-0.4, -0.2) is 34.7 Å². The molecule has 2 N–H and O–H groups in total. The molecule has 0 heterocycles. The summed E-state index contributed by atoms with van der Waals surface area (Å²) in [4.78, 5) is 45.0. The Morgan fingerprint density at radius 3 is 1.56 bits per heavy atom. The Bertz CT molecular complexity index is 769. The van der Waals surface area contributed by atoms with Gasteiger partial charge in [-0.1, -0.05) is 55.0 Å². The minimum absolute atomic E-state index is 0.0378. The summed E-state index contributed by atoms with van der Waals surface area (Å²) < 4.78 is 0. The molecule has 0 atom stereocenters. The van der Waals surface area contributed by atoms with Gasteiger partial charge in [-0.05, 0) is 24.0 Å². The molecule has 0 aliphatic heterocycles. The summed E-state index contributed by atoms with van der Waals surface area (Å²) in [6.45, 7) is 0. The molecule has 0 bridgehead atoms. The lowest BCUT2D eigenvalue weighted by atomic mass is 9.70. The summed E-state index contributed by atoms with van der Waals surface area (Å²) in [5.41, 5.74) is 0.450. The third-order valence-electron chi connectivity index (χ3n) is 4.64. The smallest absolute Gasteiger partial charge is 0.318 e. The van der Waals surface area contributed by atoms with Gasteiger partial charge in [-0.2, -0.15) is 0 Å². The van der Waals surface area contributed by atoms with Crippen LogP contribution in [0, 0.1) is 0 Å². The number of hydrogen-bond donors (Lipinski definition) is 2. The normalized spacial score (nSPS) is 11.0. The second kappa shape index (κ2) is 8.89. The van der Waals surface area contributed by atoms with Gasteiger partial charge in [0, 0.05) is 17.5 Å². The van der Waals surface area contributed by atoms with Gasteiger partial charge >= 0.3 is 11.9 Å². The van der Waals surface area contributed by atoms with Gasteiger partial charge in [-0.15, -0.1) is 0 Å². The van der Waals surface area contributed by atoms with E-state index in [1.54, 1.807) is 48.5 Å². The molecule has 2 aromatic carbocycles. The summed E-state index contributed by atoms with van der Waals surface area (Å²) >= 11 is 0. The molecule has 2 aromatic rings.